The van der Waals surface area contributed by atoms with E-state index in [9.17, 15) is 27.6 Å². The molecule has 2 aromatic heterocycles. The van der Waals surface area contributed by atoms with Gasteiger partial charge in [-0.25, -0.2) is 0 Å². The number of aromatic nitrogens is 2. The van der Waals surface area contributed by atoms with Gasteiger partial charge in [0.25, 0.3) is 17.7 Å². The third kappa shape index (κ3) is 5.41. The minimum atomic E-state index is -4.61. The van der Waals surface area contributed by atoms with E-state index in [2.05, 4.69) is 10.4 Å². The van der Waals surface area contributed by atoms with Crippen LogP contribution in [-0.4, -0.2) is 45.0 Å². The van der Waals surface area contributed by atoms with Gasteiger partial charge in [-0.1, -0.05) is 37.3 Å². The lowest BCUT2D eigenvalue weighted by Gasteiger charge is -2.25. The van der Waals surface area contributed by atoms with Gasteiger partial charge < -0.3 is 5.32 Å². The van der Waals surface area contributed by atoms with Crippen molar-refractivity contribution in [2.45, 2.75) is 38.9 Å². The SMILES string of the molecule is CCc1cnn(C)c1-c1cc(C(=O)N[C@@H](Cc2ccccc2C(F)(F)F)CN2C(=O)c3ccccc3C2=O)sc1C. The van der Waals surface area contributed by atoms with Gasteiger partial charge in [0.1, 0.15) is 0 Å². The highest BCUT2D eigenvalue weighted by atomic mass is 32.1. The van der Waals surface area contributed by atoms with Crippen molar-refractivity contribution in [2.24, 2.45) is 7.05 Å². The largest absolute Gasteiger partial charge is 0.416 e. The maximum atomic E-state index is 13.8. The molecule has 0 saturated heterocycles. The summed E-state index contributed by atoms with van der Waals surface area (Å²) < 4.78 is 43.1. The second-order valence-electron chi connectivity index (χ2n) is 9.87. The lowest BCUT2D eigenvalue weighted by molar-refractivity contribution is -0.138. The first-order valence-corrected chi connectivity index (χ1v) is 13.8. The summed E-state index contributed by atoms with van der Waals surface area (Å²) in [5.41, 5.74) is 2.32. The zero-order chi connectivity index (χ0) is 29.5. The number of halogens is 3. The van der Waals surface area contributed by atoms with Crippen molar-refractivity contribution < 1.29 is 27.6 Å². The average Bonchev–Trinajstić information content (AvgIpc) is 3.58. The Labute approximate surface area is 238 Å². The molecule has 0 saturated carbocycles. The molecule has 11 heteroatoms. The number of hydrogen-bond acceptors (Lipinski definition) is 5. The summed E-state index contributed by atoms with van der Waals surface area (Å²) in [6, 6.07) is 12.2. The van der Waals surface area contributed by atoms with E-state index in [1.165, 1.54) is 41.7 Å². The lowest BCUT2D eigenvalue weighted by atomic mass is 9.99. The van der Waals surface area contributed by atoms with E-state index in [1.807, 2.05) is 20.9 Å². The fraction of sp³-hybridized carbons (Fsp3) is 0.267. The van der Waals surface area contributed by atoms with Crippen LogP contribution in [0.4, 0.5) is 13.2 Å². The lowest BCUT2D eigenvalue weighted by Crippen LogP contribution is -2.47. The molecule has 1 aliphatic heterocycles. The Kier molecular flexibility index (Phi) is 7.56. The first-order valence-electron chi connectivity index (χ1n) is 13.0. The summed E-state index contributed by atoms with van der Waals surface area (Å²) in [5, 5.41) is 7.15. The molecule has 1 aliphatic rings. The molecule has 0 radical (unpaired) electrons. The number of imide groups is 1. The maximum Gasteiger partial charge on any atom is 0.416 e. The van der Waals surface area contributed by atoms with Crippen LogP contribution in [0.3, 0.4) is 0 Å². The van der Waals surface area contributed by atoms with E-state index in [0.717, 1.165) is 39.1 Å². The monoisotopic (exact) mass is 580 g/mol. The highest BCUT2D eigenvalue weighted by Gasteiger charge is 2.38. The van der Waals surface area contributed by atoms with Gasteiger partial charge in [-0.3, -0.25) is 24.0 Å². The second kappa shape index (κ2) is 11.0. The molecule has 0 aliphatic carbocycles. The fourth-order valence-corrected chi connectivity index (χ4v) is 6.13. The van der Waals surface area contributed by atoms with Crippen LogP contribution >= 0.6 is 11.3 Å². The summed E-state index contributed by atoms with van der Waals surface area (Å²) in [5.74, 6) is -1.60. The van der Waals surface area contributed by atoms with Crippen LogP contribution in [0, 0.1) is 6.92 Å². The average molecular weight is 581 g/mol. The molecule has 0 unspecified atom stereocenters. The van der Waals surface area contributed by atoms with Crippen LogP contribution in [-0.2, 0) is 26.1 Å². The Hall–Kier alpha value is -4.25. The van der Waals surface area contributed by atoms with Gasteiger partial charge in [0, 0.05) is 24.0 Å². The number of thiophene rings is 1. The molecule has 0 bridgehead atoms. The van der Waals surface area contributed by atoms with Gasteiger partial charge in [-0.15, -0.1) is 11.3 Å². The molecule has 3 amide bonds. The molecule has 2 aromatic carbocycles. The first-order chi connectivity index (χ1) is 19.5. The van der Waals surface area contributed by atoms with Gasteiger partial charge >= 0.3 is 6.18 Å². The number of aryl methyl sites for hydroxylation is 3. The van der Waals surface area contributed by atoms with Crippen molar-refractivity contribution in [1.29, 1.82) is 0 Å². The predicted octanol–water partition coefficient (Wildman–Crippen LogP) is 5.68. The van der Waals surface area contributed by atoms with Gasteiger partial charge in [0.2, 0.25) is 0 Å². The highest BCUT2D eigenvalue weighted by Crippen LogP contribution is 2.35. The van der Waals surface area contributed by atoms with Crippen LogP contribution in [0.5, 0.6) is 0 Å². The molecular weight excluding hydrogens is 553 g/mol. The molecule has 7 nitrogen and oxygen atoms in total. The molecule has 0 spiro atoms. The van der Waals surface area contributed by atoms with Crippen molar-refractivity contribution in [3.63, 3.8) is 0 Å². The molecule has 0 fully saturated rings. The van der Waals surface area contributed by atoms with Crippen LogP contribution in [0.2, 0.25) is 0 Å². The van der Waals surface area contributed by atoms with Crippen LogP contribution in [0.15, 0.2) is 60.8 Å². The van der Waals surface area contributed by atoms with Crippen molar-refractivity contribution in [1.82, 2.24) is 20.0 Å². The zero-order valence-corrected chi connectivity index (χ0v) is 23.4. The quantitative estimate of drug-likeness (QED) is 0.272. The van der Waals surface area contributed by atoms with E-state index in [1.54, 1.807) is 29.1 Å². The number of nitrogens with one attached hydrogen (secondary N) is 1. The summed E-state index contributed by atoms with van der Waals surface area (Å²) >= 11 is 1.26. The van der Waals surface area contributed by atoms with E-state index in [-0.39, 0.29) is 29.7 Å². The number of carbonyl (C=O) groups is 3. The molecule has 212 valence electrons. The Morgan fingerprint density at radius 2 is 1.63 bits per heavy atom. The van der Waals surface area contributed by atoms with Gasteiger partial charge in [0.15, 0.2) is 0 Å². The third-order valence-electron chi connectivity index (χ3n) is 7.20. The highest BCUT2D eigenvalue weighted by molar-refractivity contribution is 7.14. The normalized spacial score (nSPS) is 14.0. The Balaban J connectivity index is 1.46. The molecule has 1 N–H and O–H groups in total. The number of fused-ring (bicyclic) bond motifs is 1. The topological polar surface area (TPSA) is 84.3 Å². The van der Waals surface area contributed by atoms with E-state index in [4.69, 9.17) is 0 Å². The van der Waals surface area contributed by atoms with Crippen molar-refractivity contribution in [3.8, 4) is 11.3 Å². The van der Waals surface area contributed by atoms with E-state index < -0.39 is 35.5 Å². The number of nitrogens with zero attached hydrogens (tertiary/aromatic N) is 3. The number of hydrogen-bond donors (Lipinski definition) is 1. The number of benzene rings is 2. The van der Waals surface area contributed by atoms with Gasteiger partial charge in [0.05, 0.1) is 39.5 Å². The van der Waals surface area contributed by atoms with Gasteiger partial charge in [-0.05, 0) is 55.2 Å². The van der Waals surface area contributed by atoms with Crippen LogP contribution in [0.25, 0.3) is 11.3 Å². The van der Waals surface area contributed by atoms with Crippen molar-refractivity contribution in [2.75, 3.05) is 6.54 Å². The second-order valence-corrected chi connectivity index (χ2v) is 11.1. The summed E-state index contributed by atoms with van der Waals surface area (Å²) in [7, 11) is 1.82. The molecule has 41 heavy (non-hydrogen) atoms. The number of alkyl halides is 3. The molecule has 1 atom stereocenters. The predicted molar refractivity (Wildman–Crippen MR) is 149 cm³/mol. The Morgan fingerprint density at radius 3 is 2.27 bits per heavy atom. The van der Waals surface area contributed by atoms with Crippen LogP contribution in [0.1, 0.15) is 58.9 Å². The smallest absolute Gasteiger partial charge is 0.346 e. The summed E-state index contributed by atoms with van der Waals surface area (Å²) in [4.78, 5) is 41.9. The fourth-order valence-electron chi connectivity index (χ4n) is 5.20. The Morgan fingerprint density at radius 1 is 1.00 bits per heavy atom. The molecule has 5 rings (SSSR count). The van der Waals surface area contributed by atoms with Gasteiger partial charge in [-0.2, -0.15) is 18.3 Å². The zero-order valence-electron chi connectivity index (χ0n) is 22.6. The molecule has 3 heterocycles. The number of amides is 3. The minimum absolute atomic E-state index is 0.0487. The number of carbonyl (C=O) groups excluding carboxylic acids is 3. The van der Waals surface area contributed by atoms with Crippen molar-refractivity contribution in [3.05, 3.63) is 98.4 Å². The third-order valence-corrected chi connectivity index (χ3v) is 8.25. The first kappa shape index (κ1) is 28.3. The maximum absolute atomic E-state index is 13.8. The van der Waals surface area contributed by atoms with Crippen molar-refractivity contribution >= 4 is 29.1 Å². The Bertz CT molecular complexity index is 1620. The molecule has 4 aromatic rings. The van der Waals surface area contributed by atoms with E-state index >= 15 is 0 Å². The van der Waals surface area contributed by atoms with E-state index in [0.29, 0.717) is 4.88 Å². The minimum Gasteiger partial charge on any atom is -0.346 e. The summed E-state index contributed by atoms with van der Waals surface area (Å²) in [6.07, 6.45) is -2.32. The number of rotatable bonds is 8. The standard InChI is InChI=1S/C30H27F3N4O3S/c1-4-18-15-34-36(3)26(18)23-14-25(41-17(23)2)27(38)35-20(13-19-9-5-8-12-24(19)30(31,32)33)16-37-28(39)21-10-6-7-11-22(21)29(37)40/h5-12,14-15,20H,4,13,16H2,1-3H3,(H,35,38)/t20-/m0/s1. The molecular formula is C30H27F3N4O3S. The summed E-state index contributed by atoms with van der Waals surface area (Å²) in [6.45, 7) is 3.61. The van der Waals surface area contributed by atoms with Crippen LogP contribution < -0.4 is 5.32 Å².